The molecule has 1 fully saturated rings. The Kier molecular flexibility index (Phi) is 3.78. The summed E-state index contributed by atoms with van der Waals surface area (Å²) in [7, 11) is 0. The van der Waals surface area contributed by atoms with Crippen LogP contribution in [0.2, 0.25) is 0 Å². The van der Waals surface area contributed by atoms with Gasteiger partial charge in [-0.25, -0.2) is 9.18 Å². The molecule has 8 nitrogen and oxygen atoms in total. The highest BCUT2D eigenvalue weighted by Crippen LogP contribution is 2.42. The van der Waals surface area contributed by atoms with Crippen LogP contribution in [0.25, 0.3) is 0 Å². The molecular formula is C11H16FN3O5. The third-order valence-electron chi connectivity index (χ3n) is 3.70. The van der Waals surface area contributed by atoms with Crippen LogP contribution in [-0.2, 0) is 4.74 Å². The molecule has 2 heterocycles. The number of aliphatic hydroxyl groups is 3. The molecule has 1 aliphatic rings. The van der Waals surface area contributed by atoms with E-state index < -0.39 is 54.4 Å². The average molecular weight is 289 g/mol. The molecule has 1 saturated heterocycles. The molecule has 0 aromatic carbocycles. The maximum Gasteiger partial charge on any atom is 0.351 e. The van der Waals surface area contributed by atoms with Gasteiger partial charge < -0.3 is 25.8 Å². The van der Waals surface area contributed by atoms with Crippen LogP contribution in [0.3, 0.4) is 0 Å². The second-order valence-electron chi connectivity index (χ2n) is 4.97. The third-order valence-corrected chi connectivity index (χ3v) is 3.70. The number of aromatic nitrogens is 2. The molecule has 4 atom stereocenters. The van der Waals surface area contributed by atoms with E-state index in [0.29, 0.717) is 0 Å². The van der Waals surface area contributed by atoms with Gasteiger partial charge in [0.25, 0.3) is 0 Å². The topological polar surface area (TPSA) is 131 Å². The highest BCUT2D eigenvalue weighted by Gasteiger charge is 2.53. The zero-order valence-corrected chi connectivity index (χ0v) is 10.7. The number of anilines is 1. The van der Waals surface area contributed by atoms with Crippen molar-refractivity contribution in [3.05, 3.63) is 22.5 Å². The van der Waals surface area contributed by atoms with Gasteiger partial charge in [-0.1, -0.05) is 6.92 Å². The summed E-state index contributed by atoms with van der Waals surface area (Å²) in [4.78, 5) is 15.0. The number of rotatable bonds is 3. The number of nitrogens with two attached hydrogens (primary N) is 1. The first kappa shape index (κ1) is 14.9. The summed E-state index contributed by atoms with van der Waals surface area (Å²) in [5.74, 6) is -1.49. The summed E-state index contributed by atoms with van der Waals surface area (Å²) in [5.41, 5.74) is 3.09. The Morgan fingerprint density at radius 1 is 1.60 bits per heavy atom. The minimum atomic E-state index is -1.33. The Morgan fingerprint density at radius 2 is 2.25 bits per heavy atom. The zero-order valence-electron chi connectivity index (χ0n) is 10.7. The number of nitrogen functional groups attached to an aromatic ring is 1. The summed E-state index contributed by atoms with van der Waals surface area (Å²) in [5, 5.41) is 28.8. The molecule has 0 aliphatic carbocycles. The van der Waals surface area contributed by atoms with Gasteiger partial charge in [-0.15, -0.1) is 0 Å². The molecule has 112 valence electrons. The smallest absolute Gasteiger partial charge is 0.351 e. The minimum Gasteiger partial charge on any atom is -0.396 e. The van der Waals surface area contributed by atoms with E-state index in [0.717, 1.165) is 10.8 Å². The normalized spacial score (nSPS) is 33.5. The van der Waals surface area contributed by atoms with Crippen molar-refractivity contribution < 1.29 is 24.4 Å². The molecule has 0 amide bonds. The molecule has 0 saturated carbocycles. The van der Waals surface area contributed by atoms with Crippen molar-refractivity contribution in [3.63, 3.8) is 0 Å². The molecule has 0 radical (unpaired) electrons. The van der Waals surface area contributed by atoms with Crippen LogP contribution in [0.4, 0.5) is 10.2 Å². The number of hydrogen-bond acceptors (Lipinski definition) is 7. The first-order chi connectivity index (χ1) is 9.35. The molecule has 0 spiro atoms. The first-order valence-corrected chi connectivity index (χ1v) is 5.94. The van der Waals surface area contributed by atoms with Crippen molar-refractivity contribution >= 4 is 5.82 Å². The van der Waals surface area contributed by atoms with Crippen molar-refractivity contribution in [2.45, 2.75) is 25.4 Å². The van der Waals surface area contributed by atoms with E-state index in [1.807, 2.05) is 0 Å². The second kappa shape index (κ2) is 5.09. The number of halogens is 1. The van der Waals surface area contributed by atoms with Gasteiger partial charge in [0.2, 0.25) is 0 Å². The lowest BCUT2D eigenvalue weighted by Gasteiger charge is -2.29. The number of nitrogens with zero attached hydrogens (tertiary/aromatic N) is 2. The molecule has 5 N–H and O–H groups in total. The molecular weight excluding hydrogens is 273 g/mol. The molecule has 1 aliphatic heterocycles. The maximum absolute atomic E-state index is 13.4. The van der Waals surface area contributed by atoms with Crippen LogP contribution in [-0.4, -0.2) is 50.3 Å². The van der Waals surface area contributed by atoms with Gasteiger partial charge in [-0.2, -0.15) is 4.98 Å². The molecule has 2 rings (SSSR count). The number of ether oxygens (including phenoxy) is 1. The molecule has 1 aromatic heterocycles. The molecule has 20 heavy (non-hydrogen) atoms. The molecule has 0 bridgehead atoms. The highest BCUT2D eigenvalue weighted by atomic mass is 19.1. The Morgan fingerprint density at radius 3 is 2.75 bits per heavy atom. The van der Waals surface area contributed by atoms with E-state index in [2.05, 4.69) is 4.98 Å². The molecule has 9 heteroatoms. The van der Waals surface area contributed by atoms with Gasteiger partial charge in [0, 0.05) is 5.41 Å². The van der Waals surface area contributed by atoms with Crippen molar-refractivity contribution in [1.82, 2.24) is 9.55 Å². The van der Waals surface area contributed by atoms with Gasteiger partial charge in [-0.3, -0.25) is 4.57 Å². The minimum absolute atomic E-state index is 0.468. The standard InChI is InChI=1S/C11H16FN3O5/c1-11(4-17)6(3-16)20-9(7(11)18)15-2-5(12)8(13)14-10(15)19/h2,6-7,9,16-18H,3-4H2,1H3,(H2,13,14,19)/t6-,7+,9-,11+/m1/s1. The van der Waals surface area contributed by atoms with Crippen molar-refractivity contribution in [2.24, 2.45) is 5.41 Å². The summed E-state index contributed by atoms with van der Waals surface area (Å²) in [6.45, 7) is 0.546. The Labute approximate surface area is 113 Å². The monoisotopic (exact) mass is 289 g/mol. The van der Waals surface area contributed by atoms with E-state index in [1.54, 1.807) is 0 Å². The molecule has 0 unspecified atom stereocenters. The zero-order chi connectivity index (χ0) is 15.1. The SMILES string of the molecule is C[C@]1(CO)[C@@H](CO)O[C@@H](n2cc(F)c(N)nc2=O)[C@@H]1O. The second-order valence-corrected chi connectivity index (χ2v) is 4.97. The predicted octanol–water partition coefficient (Wildman–Crippen LogP) is -1.79. The predicted molar refractivity (Wildman–Crippen MR) is 65.1 cm³/mol. The first-order valence-electron chi connectivity index (χ1n) is 5.94. The average Bonchev–Trinajstić information content (AvgIpc) is 2.67. The van der Waals surface area contributed by atoms with Gasteiger partial charge in [-0.05, 0) is 0 Å². The fourth-order valence-electron chi connectivity index (χ4n) is 2.22. The van der Waals surface area contributed by atoms with Crippen LogP contribution in [0.1, 0.15) is 13.2 Å². The largest absolute Gasteiger partial charge is 0.396 e. The summed E-state index contributed by atoms with van der Waals surface area (Å²) in [6.07, 6.45) is -2.72. The van der Waals surface area contributed by atoms with E-state index >= 15 is 0 Å². The van der Waals surface area contributed by atoms with Crippen LogP contribution >= 0.6 is 0 Å². The third kappa shape index (κ3) is 2.08. The van der Waals surface area contributed by atoms with E-state index in [4.69, 9.17) is 10.5 Å². The highest BCUT2D eigenvalue weighted by molar-refractivity contribution is 5.26. The van der Waals surface area contributed by atoms with Crippen LogP contribution in [0, 0.1) is 11.2 Å². The van der Waals surface area contributed by atoms with Gasteiger partial charge in [0.05, 0.1) is 25.5 Å². The summed E-state index contributed by atoms with van der Waals surface area (Å²) in [6, 6.07) is 0. The lowest BCUT2D eigenvalue weighted by molar-refractivity contribution is -0.0574. The van der Waals surface area contributed by atoms with Crippen LogP contribution < -0.4 is 11.4 Å². The Bertz CT molecular complexity index is 565. The van der Waals surface area contributed by atoms with E-state index in [-0.39, 0.29) is 0 Å². The lowest BCUT2D eigenvalue weighted by atomic mass is 9.81. The fraction of sp³-hybridized carbons (Fsp3) is 0.636. The van der Waals surface area contributed by atoms with Gasteiger partial charge in [0.1, 0.15) is 6.10 Å². The Balaban J connectivity index is 2.45. The fourth-order valence-corrected chi connectivity index (χ4v) is 2.22. The van der Waals surface area contributed by atoms with E-state index in [1.165, 1.54) is 6.92 Å². The Hall–Kier alpha value is -1.55. The van der Waals surface area contributed by atoms with Crippen molar-refractivity contribution in [2.75, 3.05) is 18.9 Å². The summed E-state index contributed by atoms with van der Waals surface area (Å²) < 4.78 is 19.5. The van der Waals surface area contributed by atoms with Crippen LogP contribution in [0.15, 0.2) is 11.0 Å². The van der Waals surface area contributed by atoms with Gasteiger partial charge >= 0.3 is 5.69 Å². The maximum atomic E-state index is 13.4. The van der Waals surface area contributed by atoms with E-state index in [9.17, 15) is 24.5 Å². The van der Waals surface area contributed by atoms with Gasteiger partial charge in [0.15, 0.2) is 17.9 Å². The number of aliphatic hydroxyl groups excluding tert-OH is 3. The molecule has 1 aromatic rings. The van der Waals surface area contributed by atoms with Crippen molar-refractivity contribution in [1.29, 1.82) is 0 Å². The number of hydrogen-bond donors (Lipinski definition) is 4. The lowest BCUT2D eigenvalue weighted by Crippen LogP contribution is -2.43. The summed E-state index contributed by atoms with van der Waals surface area (Å²) >= 11 is 0. The quantitative estimate of drug-likeness (QED) is 0.517. The van der Waals surface area contributed by atoms with Crippen molar-refractivity contribution in [3.8, 4) is 0 Å². The van der Waals surface area contributed by atoms with Crippen LogP contribution in [0.5, 0.6) is 0 Å².